The maximum absolute atomic E-state index is 3.17. The van der Waals surface area contributed by atoms with E-state index in [-0.39, 0.29) is 85.6 Å². The molecule has 0 fully saturated rings. The van der Waals surface area contributed by atoms with Gasteiger partial charge < -0.3 is 0 Å². The summed E-state index contributed by atoms with van der Waals surface area (Å²) in [4.78, 5) is 0. The first-order valence-electron chi connectivity index (χ1n) is 0.286. The second-order valence-electron chi connectivity index (χ2n) is 0.0540. The molecule has 0 rings (SSSR count). The molecule has 0 N–H and O–H groups in total. The molecule has 0 radical (unpaired) electrons. The SMILES string of the molecule is Br[I-]Br.[Cs+]. The van der Waals surface area contributed by atoms with Crippen LogP contribution in [0, 0.1) is 0 Å². The Morgan fingerprint density at radius 2 is 1.25 bits per heavy atom. The van der Waals surface area contributed by atoms with Gasteiger partial charge in [-0.05, 0) is 0 Å². The van der Waals surface area contributed by atoms with Gasteiger partial charge in [0.1, 0.15) is 0 Å². The Morgan fingerprint density at radius 3 is 1.25 bits per heavy atom. The average molecular weight is 420 g/mol. The summed E-state index contributed by atoms with van der Waals surface area (Å²) in [5, 5.41) is 0. The van der Waals surface area contributed by atoms with Gasteiger partial charge in [0.2, 0.25) is 0 Å². The minimum atomic E-state index is 0. The molecule has 0 aliphatic heterocycles. The summed E-state index contributed by atoms with van der Waals surface area (Å²) < 4.78 is 0. The van der Waals surface area contributed by atoms with Crippen molar-refractivity contribution in [2.24, 2.45) is 0 Å². The fourth-order valence-electron chi connectivity index (χ4n) is 0. The van der Waals surface area contributed by atoms with E-state index in [0.29, 0.717) is 0 Å². The molecule has 0 spiro atoms. The van der Waals surface area contributed by atoms with E-state index in [9.17, 15) is 0 Å². The molecule has 0 heterocycles. The number of hydrogen-bond acceptors (Lipinski definition) is 0. The normalized spacial score (nSPS) is 5.50. The van der Waals surface area contributed by atoms with Crippen LogP contribution in [-0.2, 0) is 0 Å². The van der Waals surface area contributed by atoms with Crippen molar-refractivity contribution in [3.05, 3.63) is 0 Å². The van der Waals surface area contributed by atoms with E-state index in [0.717, 1.165) is 0 Å². The molecule has 0 saturated carbocycles. The summed E-state index contributed by atoms with van der Waals surface area (Å²) in [6, 6.07) is 0. The van der Waals surface area contributed by atoms with E-state index < -0.39 is 0 Å². The molecule has 0 atom stereocenters. The number of rotatable bonds is 0. The van der Waals surface area contributed by atoms with Crippen molar-refractivity contribution >= 4 is 25.4 Å². The summed E-state index contributed by atoms with van der Waals surface area (Å²) in [5.41, 5.74) is 0. The van der Waals surface area contributed by atoms with Gasteiger partial charge in [-0.25, -0.2) is 0 Å². The summed E-state index contributed by atoms with van der Waals surface area (Å²) in [6.45, 7) is 0. The van der Waals surface area contributed by atoms with Crippen LogP contribution in [-0.4, -0.2) is 0 Å². The Kier molecular flexibility index (Phi) is 26.4. The van der Waals surface area contributed by atoms with E-state index in [1.807, 2.05) is 0 Å². The molecule has 0 bridgehead atoms. The van der Waals surface area contributed by atoms with E-state index in [2.05, 4.69) is 25.4 Å². The zero-order valence-electron chi connectivity index (χ0n) is 2.13. The molecule has 0 amide bonds. The summed E-state index contributed by atoms with van der Waals surface area (Å²) in [7, 11) is 0. The Hall–Kier alpha value is 3.74. The Labute approximate surface area is 107 Å². The first-order valence-corrected chi connectivity index (χ1v) is 9.96. The zero-order valence-corrected chi connectivity index (χ0v) is 13.7. The van der Waals surface area contributed by atoms with E-state index in [1.165, 1.54) is 0 Å². The molecular formula is Br2CsI. The third-order valence-electron chi connectivity index (χ3n) is 0. The Bertz CT molecular complexity index is 6.00. The Morgan fingerprint density at radius 1 is 1.25 bits per heavy atom. The van der Waals surface area contributed by atoms with E-state index in [4.69, 9.17) is 0 Å². The molecule has 0 aliphatic carbocycles. The van der Waals surface area contributed by atoms with Crippen molar-refractivity contribution in [1.29, 1.82) is 0 Å². The maximum Gasteiger partial charge on any atom is 1.00 e. The molecular weight excluding hydrogens is 420 g/mol. The predicted molar refractivity (Wildman–Crippen MR) is 17.9 cm³/mol. The monoisotopic (exact) mass is 418 g/mol. The van der Waals surface area contributed by atoms with E-state index in [1.54, 1.807) is 0 Å². The molecule has 0 aromatic heterocycles. The smallest absolute Gasteiger partial charge is 1.00 e. The second kappa shape index (κ2) is 9.89. The minimum absolute atomic E-state index is 0. The minimum Gasteiger partial charge on any atom is 1.00 e. The van der Waals surface area contributed by atoms with Gasteiger partial charge in [0.05, 0.1) is 0 Å². The van der Waals surface area contributed by atoms with Gasteiger partial charge in [-0.3, -0.25) is 0 Å². The van der Waals surface area contributed by atoms with Crippen molar-refractivity contribution in [2.45, 2.75) is 0 Å². The van der Waals surface area contributed by atoms with Gasteiger partial charge in [-0.1, -0.05) is 0 Å². The van der Waals surface area contributed by atoms with Crippen LogP contribution in [0.1, 0.15) is 0 Å². The molecule has 0 saturated heterocycles. The number of halogens is 3. The third kappa shape index (κ3) is 9.22. The summed E-state index contributed by atoms with van der Waals surface area (Å²) in [5.74, 6) is 0. The average Bonchev–Trinajstić information content (AvgIpc) is 0.918. The van der Waals surface area contributed by atoms with Crippen LogP contribution in [0.25, 0.3) is 0 Å². The topological polar surface area (TPSA) is 0 Å². The van der Waals surface area contributed by atoms with Crippen LogP contribution in [0.15, 0.2) is 0 Å². The van der Waals surface area contributed by atoms with Crippen molar-refractivity contribution in [3.8, 4) is 0 Å². The molecule has 0 aliphatic rings. The molecule has 0 aromatic rings. The third-order valence-corrected chi connectivity index (χ3v) is 0. The van der Waals surface area contributed by atoms with Gasteiger partial charge in [0.15, 0.2) is 0 Å². The molecule has 4 heavy (non-hydrogen) atoms. The molecule has 0 unspecified atom stereocenters. The molecule has 0 nitrogen and oxygen atoms in total. The summed E-state index contributed by atoms with van der Waals surface area (Å²) in [6.07, 6.45) is 0. The first-order chi connectivity index (χ1) is 1.41. The maximum atomic E-state index is 3.17. The van der Waals surface area contributed by atoms with Crippen LogP contribution in [0.4, 0.5) is 0 Å². The zero-order chi connectivity index (χ0) is 2.71. The first kappa shape index (κ1) is 10.7. The fraction of sp³-hybridized carbons (Fsp3) is 0. The largest absolute Gasteiger partial charge is 1.00 e. The Balaban J connectivity index is 0. The van der Waals surface area contributed by atoms with Crippen LogP contribution >= 0.6 is 25.4 Å². The van der Waals surface area contributed by atoms with Crippen molar-refractivity contribution < 1.29 is 85.6 Å². The van der Waals surface area contributed by atoms with Gasteiger partial charge in [-0.2, -0.15) is 0 Å². The standard InChI is InChI=1S/Br2I.Cs/c1-3-2;/q-1;+1. The van der Waals surface area contributed by atoms with Crippen molar-refractivity contribution in [2.75, 3.05) is 0 Å². The number of hydrogen-bond donors (Lipinski definition) is 0. The second-order valence-corrected chi connectivity index (χ2v) is 9.78. The predicted octanol–water partition coefficient (Wildman–Crippen LogP) is -4.30. The van der Waals surface area contributed by atoms with Crippen LogP contribution in [0.3, 0.4) is 0 Å². The van der Waals surface area contributed by atoms with Crippen LogP contribution in [0.5, 0.6) is 0 Å². The quantitative estimate of drug-likeness (QED) is 0.349. The van der Waals surface area contributed by atoms with Gasteiger partial charge in [-0.15, -0.1) is 0 Å². The van der Waals surface area contributed by atoms with Gasteiger partial charge in [0.25, 0.3) is 0 Å². The van der Waals surface area contributed by atoms with Crippen molar-refractivity contribution in [3.63, 3.8) is 0 Å². The molecule has 0 aromatic carbocycles. The summed E-state index contributed by atoms with van der Waals surface area (Å²) >= 11 is 6.56. The fourth-order valence-corrected chi connectivity index (χ4v) is 0. The van der Waals surface area contributed by atoms with Gasteiger partial charge in [0, 0.05) is 0 Å². The van der Waals surface area contributed by atoms with Crippen LogP contribution in [0.2, 0.25) is 0 Å². The van der Waals surface area contributed by atoms with E-state index >= 15 is 0 Å². The van der Waals surface area contributed by atoms with Gasteiger partial charge >= 0.3 is 111 Å². The van der Waals surface area contributed by atoms with Crippen molar-refractivity contribution in [1.82, 2.24) is 0 Å². The van der Waals surface area contributed by atoms with Crippen LogP contribution < -0.4 is 85.6 Å². The molecule has 22 valence electrons. The molecule has 4 heteroatoms.